The van der Waals surface area contributed by atoms with Gasteiger partial charge in [0.15, 0.2) is 11.6 Å². The second-order valence-electron chi connectivity index (χ2n) is 5.37. The minimum atomic E-state index is -1.29. The number of hydrogen-bond acceptors (Lipinski definition) is 4. The van der Waals surface area contributed by atoms with Crippen LogP contribution in [0.1, 0.15) is 20.8 Å². The molecular weight excluding hydrogens is 370 g/mol. The predicted octanol–water partition coefficient (Wildman–Crippen LogP) is 5.30. The third-order valence-electron chi connectivity index (χ3n) is 3.65. The first-order valence-electron chi connectivity index (χ1n) is 7.10. The number of aromatic hydroxyl groups is 2. The van der Waals surface area contributed by atoms with Gasteiger partial charge in [0, 0.05) is 4.88 Å². The van der Waals surface area contributed by atoms with Crippen molar-refractivity contribution < 1.29 is 23.8 Å². The van der Waals surface area contributed by atoms with Crippen molar-refractivity contribution >= 4 is 28.7 Å². The molecule has 0 spiro atoms. The molecule has 0 fully saturated rings. The van der Waals surface area contributed by atoms with Crippen molar-refractivity contribution in [3.8, 4) is 21.9 Å². The molecule has 2 aromatic carbocycles. The van der Waals surface area contributed by atoms with Gasteiger partial charge in [-0.1, -0.05) is 11.6 Å². The molecule has 0 amide bonds. The molecule has 0 atom stereocenters. The Morgan fingerprint density at radius 2 is 1.76 bits per heavy atom. The number of thiophene rings is 1. The highest BCUT2D eigenvalue weighted by Gasteiger charge is 2.24. The van der Waals surface area contributed by atoms with Crippen molar-refractivity contribution in [2.45, 2.75) is 6.92 Å². The molecule has 3 nitrogen and oxygen atoms in total. The van der Waals surface area contributed by atoms with Gasteiger partial charge in [-0.05, 0) is 54.4 Å². The molecule has 0 unspecified atom stereocenters. The van der Waals surface area contributed by atoms with Crippen LogP contribution in [0.4, 0.5) is 8.78 Å². The van der Waals surface area contributed by atoms with E-state index < -0.39 is 28.7 Å². The summed E-state index contributed by atoms with van der Waals surface area (Å²) in [5.41, 5.74) is 0.591. The van der Waals surface area contributed by atoms with Crippen molar-refractivity contribution in [1.82, 2.24) is 0 Å². The molecule has 1 heterocycles. The average Bonchev–Trinajstić information content (AvgIpc) is 2.96. The largest absolute Gasteiger partial charge is 0.506 e. The third-order valence-corrected chi connectivity index (χ3v) is 5.24. The fraction of sp³-hybridized carbons (Fsp3) is 0.0556. The molecule has 1 aromatic heterocycles. The van der Waals surface area contributed by atoms with Crippen molar-refractivity contribution in [2.75, 3.05) is 0 Å². The number of carbonyl (C=O) groups excluding carboxylic acids is 1. The number of rotatable bonds is 3. The van der Waals surface area contributed by atoms with Crippen LogP contribution in [-0.4, -0.2) is 16.0 Å². The maximum Gasteiger partial charge on any atom is 0.209 e. The fourth-order valence-corrected chi connectivity index (χ4v) is 3.70. The van der Waals surface area contributed by atoms with Gasteiger partial charge in [0.05, 0.1) is 15.5 Å². The van der Waals surface area contributed by atoms with Crippen LogP contribution in [0.5, 0.6) is 11.5 Å². The van der Waals surface area contributed by atoms with Gasteiger partial charge in [-0.15, -0.1) is 11.3 Å². The number of phenolic OH excluding ortho intramolecular Hbond substituents is 2. The first-order chi connectivity index (χ1) is 11.8. The highest BCUT2D eigenvalue weighted by atomic mass is 35.5. The number of ketones is 1. The molecule has 7 heteroatoms. The van der Waals surface area contributed by atoms with Crippen LogP contribution in [0, 0.1) is 18.6 Å². The minimum absolute atomic E-state index is 0.0696. The Morgan fingerprint density at radius 1 is 1.08 bits per heavy atom. The van der Waals surface area contributed by atoms with E-state index in [1.165, 1.54) is 12.1 Å². The molecule has 25 heavy (non-hydrogen) atoms. The standard InChI is InChI=1S/C18H11ClF2O3S/c1-8-6-14(17(24)15-11(20)3-5-13(23)16(15)21)25-18(8)9-2-4-12(22)10(19)7-9/h2-7,22-23H,1H3. The molecule has 0 radical (unpaired) electrons. The summed E-state index contributed by atoms with van der Waals surface area (Å²) in [6, 6.07) is 7.81. The Labute approximate surface area is 150 Å². The van der Waals surface area contributed by atoms with Crippen molar-refractivity contribution in [3.05, 3.63) is 69.1 Å². The average molecular weight is 381 g/mol. The molecule has 3 aromatic rings. The zero-order valence-corrected chi connectivity index (χ0v) is 14.4. The molecule has 2 N–H and O–H groups in total. The van der Waals surface area contributed by atoms with E-state index in [2.05, 4.69) is 0 Å². The lowest BCUT2D eigenvalue weighted by Crippen LogP contribution is -2.06. The molecule has 0 aliphatic rings. The SMILES string of the molecule is Cc1cc(C(=O)c2c(F)ccc(O)c2F)sc1-c1ccc(O)c(Cl)c1. The van der Waals surface area contributed by atoms with E-state index in [9.17, 15) is 23.8 Å². The summed E-state index contributed by atoms with van der Waals surface area (Å²) in [5.74, 6) is -4.04. The van der Waals surface area contributed by atoms with Gasteiger partial charge in [-0.25, -0.2) is 8.78 Å². The Hall–Kier alpha value is -2.44. The summed E-state index contributed by atoms with van der Waals surface area (Å²) in [6.07, 6.45) is 0. The second-order valence-corrected chi connectivity index (χ2v) is 6.83. The Bertz CT molecular complexity index is 998. The number of halogens is 3. The summed E-state index contributed by atoms with van der Waals surface area (Å²) in [5, 5.41) is 19.0. The lowest BCUT2D eigenvalue weighted by atomic mass is 10.1. The summed E-state index contributed by atoms with van der Waals surface area (Å²) in [4.78, 5) is 13.3. The van der Waals surface area contributed by atoms with Crippen molar-refractivity contribution in [1.29, 1.82) is 0 Å². The van der Waals surface area contributed by atoms with E-state index >= 15 is 0 Å². The lowest BCUT2D eigenvalue weighted by molar-refractivity contribution is 0.103. The van der Waals surface area contributed by atoms with Crippen molar-refractivity contribution in [3.63, 3.8) is 0 Å². The van der Waals surface area contributed by atoms with E-state index in [4.69, 9.17) is 11.6 Å². The molecule has 0 saturated carbocycles. The summed E-state index contributed by atoms with van der Waals surface area (Å²) < 4.78 is 27.9. The first kappa shape index (κ1) is 17.4. The Kier molecular flexibility index (Phi) is 4.49. The van der Waals surface area contributed by atoms with Crippen LogP contribution in [0.3, 0.4) is 0 Å². The van der Waals surface area contributed by atoms with Gasteiger partial charge in [-0.2, -0.15) is 0 Å². The first-order valence-corrected chi connectivity index (χ1v) is 8.30. The number of hydrogen-bond donors (Lipinski definition) is 2. The molecule has 128 valence electrons. The van der Waals surface area contributed by atoms with Crippen LogP contribution < -0.4 is 0 Å². The van der Waals surface area contributed by atoms with Gasteiger partial charge in [0.1, 0.15) is 11.6 Å². The predicted molar refractivity (Wildman–Crippen MR) is 92.6 cm³/mol. The highest BCUT2D eigenvalue weighted by molar-refractivity contribution is 7.17. The molecular formula is C18H11ClF2O3S. The Balaban J connectivity index is 2.07. The maximum absolute atomic E-state index is 14.0. The van der Waals surface area contributed by atoms with E-state index in [1.54, 1.807) is 19.1 Å². The van der Waals surface area contributed by atoms with Gasteiger partial charge in [0.2, 0.25) is 5.78 Å². The summed E-state index contributed by atoms with van der Waals surface area (Å²) in [7, 11) is 0. The topological polar surface area (TPSA) is 57.5 Å². The number of aryl methyl sites for hydroxylation is 1. The second kappa shape index (κ2) is 6.46. The van der Waals surface area contributed by atoms with Gasteiger partial charge < -0.3 is 10.2 Å². The Morgan fingerprint density at radius 3 is 2.44 bits per heavy atom. The van der Waals surface area contributed by atoms with E-state index in [0.717, 1.165) is 29.0 Å². The van der Waals surface area contributed by atoms with E-state index in [0.29, 0.717) is 10.4 Å². The van der Waals surface area contributed by atoms with Crippen LogP contribution >= 0.6 is 22.9 Å². The van der Waals surface area contributed by atoms with Crippen LogP contribution in [0.25, 0.3) is 10.4 Å². The van der Waals surface area contributed by atoms with Crippen LogP contribution in [0.2, 0.25) is 5.02 Å². The quantitative estimate of drug-likeness (QED) is 0.606. The van der Waals surface area contributed by atoms with Gasteiger partial charge in [-0.3, -0.25) is 4.79 Å². The fourth-order valence-electron chi connectivity index (χ4n) is 2.40. The number of phenols is 2. The van der Waals surface area contributed by atoms with E-state index in [-0.39, 0.29) is 15.6 Å². The van der Waals surface area contributed by atoms with Gasteiger partial charge >= 0.3 is 0 Å². The van der Waals surface area contributed by atoms with E-state index in [1.807, 2.05) is 0 Å². The zero-order chi connectivity index (χ0) is 18.3. The summed E-state index contributed by atoms with van der Waals surface area (Å²) in [6.45, 7) is 1.75. The highest BCUT2D eigenvalue weighted by Crippen LogP contribution is 2.37. The number of carbonyl (C=O) groups is 1. The lowest BCUT2D eigenvalue weighted by Gasteiger charge is -2.04. The summed E-state index contributed by atoms with van der Waals surface area (Å²) >= 11 is 6.95. The molecule has 0 aliphatic heterocycles. The smallest absolute Gasteiger partial charge is 0.209 e. The van der Waals surface area contributed by atoms with Crippen LogP contribution in [-0.2, 0) is 0 Å². The monoisotopic (exact) mass is 380 g/mol. The zero-order valence-electron chi connectivity index (χ0n) is 12.8. The maximum atomic E-state index is 14.0. The number of benzene rings is 2. The van der Waals surface area contributed by atoms with Gasteiger partial charge in [0.25, 0.3) is 0 Å². The minimum Gasteiger partial charge on any atom is -0.506 e. The normalized spacial score (nSPS) is 10.9. The van der Waals surface area contributed by atoms with Crippen LogP contribution in [0.15, 0.2) is 36.4 Å². The molecule has 0 aliphatic carbocycles. The molecule has 0 bridgehead atoms. The molecule has 0 saturated heterocycles. The van der Waals surface area contributed by atoms with Crippen molar-refractivity contribution in [2.24, 2.45) is 0 Å². The molecule has 3 rings (SSSR count). The third kappa shape index (κ3) is 3.10.